The van der Waals surface area contributed by atoms with Crippen molar-refractivity contribution in [1.82, 2.24) is 0 Å². The van der Waals surface area contributed by atoms with Gasteiger partial charge in [-0.25, -0.2) is 0 Å². The molecule has 140 valence electrons. The molecule has 4 heteroatoms. The lowest BCUT2D eigenvalue weighted by Crippen LogP contribution is -2.69. The van der Waals surface area contributed by atoms with E-state index in [1.807, 2.05) is 19.1 Å². The van der Waals surface area contributed by atoms with Gasteiger partial charge in [0.25, 0.3) is 8.32 Å². The highest BCUT2D eigenvalue weighted by atomic mass is 28.4. The molecule has 1 saturated carbocycles. The Hall–Kier alpha value is -1.46. The average molecular weight is 370 g/mol. The fourth-order valence-corrected chi connectivity index (χ4v) is 9.04. The van der Waals surface area contributed by atoms with Gasteiger partial charge >= 0.3 is 0 Å². The quantitative estimate of drug-likeness (QED) is 0.815. The van der Waals surface area contributed by atoms with Gasteiger partial charge in [-0.3, -0.25) is 0 Å². The highest BCUT2D eigenvalue weighted by Gasteiger charge is 2.55. The van der Waals surface area contributed by atoms with Crippen LogP contribution in [0.5, 0.6) is 0 Å². The van der Waals surface area contributed by atoms with E-state index in [4.69, 9.17) is 10.2 Å². The Bertz CT molecular complexity index is 685. The predicted molar refractivity (Wildman–Crippen MR) is 110 cm³/mol. The van der Waals surface area contributed by atoms with Crippen LogP contribution in [0.3, 0.4) is 0 Å². The molecule has 1 aliphatic carbocycles. The normalized spacial score (nSPS) is 26.8. The third kappa shape index (κ3) is 3.16. The van der Waals surface area contributed by atoms with Gasteiger partial charge in [-0.05, 0) is 35.2 Å². The highest BCUT2D eigenvalue weighted by Crippen LogP contribution is 2.41. The smallest absolute Gasteiger partial charge is 0.261 e. The molecule has 0 spiro atoms. The molecular weight excluding hydrogens is 338 g/mol. The molecular formula is C22H31NO2Si. The monoisotopic (exact) mass is 369 g/mol. The summed E-state index contributed by atoms with van der Waals surface area (Å²) in [4.78, 5) is 0. The Balaban J connectivity index is 2.19. The fourth-order valence-electron chi connectivity index (χ4n) is 4.24. The molecule has 0 bridgehead atoms. The number of hydrogen-bond donors (Lipinski definition) is 2. The largest absolute Gasteiger partial charge is 0.401 e. The van der Waals surface area contributed by atoms with Crippen LogP contribution in [0.15, 0.2) is 60.7 Å². The van der Waals surface area contributed by atoms with Crippen LogP contribution in [0.25, 0.3) is 0 Å². The summed E-state index contributed by atoms with van der Waals surface area (Å²) in [5.74, 6) is 0. The molecule has 1 fully saturated rings. The molecule has 0 radical (unpaired) electrons. The summed E-state index contributed by atoms with van der Waals surface area (Å²) in [7, 11) is -2.65. The van der Waals surface area contributed by atoms with Crippen LogP contribution in [0.2, 0.25) is 5.04 Å². The molecule has 0 amide bonds. The Morgan fingerprint density at radius 3 is 1.77 bits per heavy atom. The van der Waals surface area contributed by atoms with Crippen LogP contribution in [-0.2, 0) is 4.43 Å². The lowest BCUT2D eigenvalue weighted by Gasteiger charge is -2.46. The molecule has 3 rings (SSSR count). The zero-order valence-electron chi connectivity index (χ0n) is 16.3. The highest BCUT2D eigenvalue weighted by molar-refractivity contribution is 6.99. The van der Waals surface area contributed by atoms with E-state index < -0.39 is 13.9 Å². The van der Waals surface area contributed by atoms with Crippen LogP contribution >= 0.6 is 0 Å². The van der Waals surface area contributed by atoms with Crippen molar-refractivity contribution in [3.05, 3.63) is 60.7 Å². The lowest BCUT2D eigenvalue weighted by atomic mass is 9.99. The minimum Gasteiger partial charge on any atom is -0.401 e. The summed E-state index contributed by atoms with van der Waals surface area (Å²) in [5, 5.41) is 13.4. The summed E-state index contributed by atoms with van der Waals surface area (Å²) in [6.07, 6.45) is 1.32. The first-order valence-corrected chi connectivity index (χ1v) is 11.4. The molecule has 0 unspecified atom stereocenters. The van der Waals surface area contributed by atoms with E-state index in [2.05, 4.69) is 69.3 Å². The summed E-state index contributed by atoms with van der Waals surface area (Å²) in [6, 6.07) is 20.8. The number of nitrogens with two attached hydrogens (primary N) is 1. The maximum absolute atomic E-state index is 11.0. The molecule has 0 heterocycles. The van der Waals surface area contributed by atoms with Gasteiger partial charge in [-0.15, -0.1) is 0 Å². The van der Waals surface area contributed by atoms with E-state index >= 15 is 0 Å². The van der Waals surface area contributed by atoms with Crippen LogP contribution in [0.4, 0.5) is 0 Å². The van der Waals surface area contributed by atoms with E-state index in [0.717, 1.165) is 12.8 Å². The topological polar surface area (TPSA) is 55.5 Å². The Morgan fingerprint density at radius 1 is 0.962 bits per heavy atom. The minimum absolute atomic E-state index is 0.0987. The second-order valence-electron chi connectivity index (χ2n) is 8.68. The maximum Gasteiger partial charge on any atom is 0.261 e. The summed E-state index contributed by atoms with van der Waals surface area (Å²) >= 11 is 0. The molecule has 3 N–H and O–H groups in total. The van der Waals surface area contributed by atoms with E-state index in [1.165, 1.54) is 10.4 Å². The Kier molecular flexibility index (Phi) is 5.14. The maximum atomic E-state index is 11.0. The molecule has 26 heavy (non-hydrogen) atoms. The number of hydrogen-bond acceptors (Lipinski definition) is 3. The van der Waals surface area contributed by atoms with Gasteiger partial charge in [0.2, 0.25) is 0 Å². The van der Waals surface area contributed by atoms with Gasteiger partial charge in [0.15, 0.2) is 0 Å². The van der Waals surface area contributed by atoms with Crippen molar-refractivity contribution in [3.8, 4) is 0 Å². The van der Waals surface area contributed by atoms with Crippen molar-refractivity contribution >= 4 is 18.7 Å². The Labute approximate surface area is 158 Å². The third-order valence-corrected chi connectivity index (χ3v) is 10.9. The number of rotatable bonds is 4. The van der Waals surface area contributed by atoms with E-state index in [1.54, 1.807) is 0 Å². The van der Waals surface area contributed by atoms with Crippen molar-refractivity contribution in [2.24, 2.45) is 5.73 Å². The summed E-state index contributed by atoms with van der Waals surface area (Å²) < 4.78 is 7.03. The summed E-state index contributed by atoms with van der Waals surface area (Å²) in [5.41, 5.74) is 5.19. The van der Waals surface area contributed by atoms with Gasteiger partial charge < -0.3 is 15.3 Å². The second kappa shape index (κ2) is 6.93. The molecule has 3 nitrogen and oxygen atoms in total. The number of benzene rings is 2. The van der Waals surface area contributed by atoms with E-state index in [9.17, 15) is 5.11 Å². The molecule has 0 aliphatic heterocycles. The molecule has 2 aromatic carbocycles. The van der Waals surface area contributed by atoms with Crippen molar-refractivity contribution in [2.75, 3.05) is 0 Å². The molecule has 3 atom stereocenters. The van der Waals surface area contributed by atoms with Crippen molar-refractivity contribution in [1.29, 1.82) is 0 Å². The average Bonchev–Trinajstić information content (AvgIpc) is 2.86. The fraction of sp³-hybridized carbons (Fsp3) is 0.455. The van der Waals surface area contributed by atoms with Crippen molar-refractivity contribution in [3.63, 3.8) is 0 Å². The molecule has 0 aromatic heterocycles. The minimum atomic E-state index is -2.65. The number of aliphatic hydroxyl groups is 1. The van der Waals surface area contributed by atoms with Gasteiger partial charge in [0, 0.05) is 6.04 Å². The van der Waals surface area contributed by atoms with E-state index in [-0.39, 0.29) is 17.2 Å². The predicted octanol–water partition coefficient (Wildman–Crippen LogP) is 2.80. The molecule has 0 saturated heterocycles. The first-order chi connectivity index (χ1) is 12.2. The third-order valence-electron chi connectivity index (χ3n) is 5.88. The van der Waals surface area contributed by atoms with Crippen LogP contribution < -0.4 is 16.1 Å². The van der Waals surface area contributed by atoms with Gasteiger partial charge in [-0.2, -0.15) is 0 Å². The zero-order valence-corrected chi connectivity index (χ0v) is 17.3. The standard InChI is InChI=1S/C22H31NO2Si/c1-21(2,3)26(17-11-7-5-8-12-17,18-13-9-6-10-14-18)25-20-16-15-19(23)22(20,4)24/h5-14,19-20,24H,15-16,23H2,1-4H3/t19-,20-,22+/m1/s1. The van der Waals surface area contributed by atoms with Gasteiger partial charge in [0.1, 0.15) is 5.60 Å². The zero-order chi connectivity index (χ0) is 19.0. The van der Waals surface area contributed by atoms with Crippen LogP contribution in [0.1, 0.15) is 40.5 Å². The van der Waals surface area contributed by atoms with Crippen molar-refractivity contribution in [2.45, 2.75) is 63.3 Å². The first-order valence-electron chi connectivity index (χ1n) is 9.46. The van der Waals surface area contributed by atoms with Gasteiger partial charge in [0.05, 0.1) is 6.10 Å². The van der Waals surface area contributed by atoms with Crippen LogP contribution in [0, 0.1) is 0 Å². The lowest BCUT2D eigenvalue weighted by molar-refractivity contribution is -0.0392. The molecule has 2 aromatic rings. The SMILES string of the molecule is CC(C)(C)[Si](O[C@@H]1CC[C@@H](N)[C@]1(C)O)(c1ccccc1)c1ccccc1. The second-order valence-corrected chi connectivity index (χ2v) is 12.9. The Morgan fingerprint density at radius 2 is 1.42 bits per heavy atom. The van der Waals surface area contributed by atoms with Crippen LogP contribution in [-0.4, -0.2) is 31.2 Å². The van der Waals surface area contributed by atoms with Crippen molar-refractivity contribution < 1.29 is 9.53 Å². The van der Waals surface area contributed by atoms with Gasteiger partial charge in [-0.1, -0.05) is 81.4 Å². The van der Waals surface area contributed by atoms with E-state index in [0.29, 0.717) is 0 Å². The molecule has 1 aliphatic rings. The summed E-state index contributed by atoms with van der Waals surface area (Å²) in [6.45, 7) is 8.58. The first kappa shape index (κ1) is 19.3.